The van der Waals surface area contributed by atoms with Gasteiger partial charge < -0.3 is 19.2 Å². The van der Waals surface area contributed by atoms with E-state index in [0.717, 1.165) is 0 Å². The van der Waals surface area contributed by atoms with E-state index in [-0.39, 0.29) is 11.6 Å². The maximum atomic E-state index is 13.1. The Morgan fingerprint density at radius 3 is 2.56 bits per heavy atom. The van der Waals surface area contributed by atoms with Crippen molar-refractivity contribution >= 4 is 17.3 Å². The van der Waals surface area contributed by atoms with Crippen LogP contribution in [0.5, 0.6) is 11.5 Å². The monoisotopic (exact) mass is 459 g/mol. The number of non-ortho nitro benzene ring substituents is 1. The minimum atomic E-state index is -0.509. The van der Waals surface area contributed by atoms with Gasteiger partial charge in [0.25, 0.3) is 11.6 Å². The van der Waals surface area contributed by atoms with E-state index in [1.54, 1.807) is 75.9 Å². The molecule has 4 rings (SSSR count). The fourth-order valence-corrected chi connectivity index (χ4v) is 3.44. The van der Waals surface area contributed by atoms with Crippen molar-refractivity contribution < 1.29 is 23.6 Å². The maximum Gasteiger partial charge on any atom is 0.271 e. The highest BCUT2D eigenvalue weighted by Gasteiger charge is 2.20. The van der Waals surface area contributed by atoms with E-state index in [9.17, 15) is 14.9 Å². The molecular formula is C25H21N3O6. The molecule has 1 amide bonds. The third-order valence-electron chi connectivity index (χ3n) is 5.26. The summed E-state index contributed by atoms with van der Waals surface area (Å²) in [5.41, 5.74) is 2.40. The fourth-order valence-electron chi connectivity index (χ4n) is 3.44. The third kappa shape index (κ3) is 4.44. The summed E-state index contributed by atoms with van der Waals surface area (Å²) in [5.74, 6) is 1.45. The molecule has 3 aromatic carbocycles. The van der Waals surface area contributed by atoms with Crippen LogP contribution in [-0.4, -0.2) is 30.0 Å². The summed E-state index contributed by atoms with van der Waals surface area (Å²) in [7, 11) is 3.11. The van der Waals surface area contributed by atoms with Crippen LogP contribution in [0.2, 0.25) is 0 Å². The zero-order chi connectivity index (χ0) is 24.2. The van der Waals surface area contributed by atoms with Crippen LogP contribution in [0.1, 0.15) is 15.9 Å². The first kappa shape index (κ1) is 22.5. The zero-order valence-corrected chi connectivity index (χ0v) is 18.7. The van der Waals surface area contributed by atoms with Gasteiger partial charge in [-0.25, -0.2) is 4.98 Å². The van der Waals surface area contributed by atoms with Crippen molar-refractivity contribution in [3.05, 3.63) is 88.1 Å². The molecule has 172 valence electrons. The molecule has 34 heavy (non-hydrogen) atoms. The van der Waals surface area contributed by atoms with Gasteiger partial charge in [-0.2, -0.15) is 0 Å². The second-order valence-corrected chi connectivity index (χ2v) is 7.35. The number of ether oxygens (including phenoxy) is 2. The van der Waals surface area contributed by atoms with E-state index in [4.69, 9.17) is 13.9 Å². The maximum absolute atomic E-state index is 13.1. The van der Waals surface area contributed by atoms with Gasteiger partial charge >= 0.3 is 0 Å². The van der Waals surface area contributed by atoms with Crippen molar-refractivity contribution in [1.82, 2.24) is 4.98 Å². The molecular weight excluding hydrogens is 438 g/mol. The molecule has 0 aliphatic carbocycles. The second kappa shape index (κ2) is 9.45. The third-order valence-corrected chi connectivity index (χ3v) is 5.26. The minimum Gasteiger partial charge on any atom is -0.497 e. The molecule has 9 heteroatoms. The molecule has 1 heterocycles. The molecule has 9 nitrogen and oxygen atoms in total. The largest absolute Gasteiger partial charge is 0.497 e. The first-order valence-corrected chi connectivity index (χ1v) is 10.2. The van der Waals surface area contributed by atoms with E-state index < -0.39 is 10.8 Å². The van der Waals surface area contributed by atoms with Gasteiger partial charge in [0, 0.05) is 23.8 Å². The van der Waals surface area contributed by atoms with Gasteiger partial charge in [0.2, 0.25) is 5.89 Å². The van der Waals surface area contributed by atoms with Crippen LogP contribution in [0.15, 0.2) is 71.3 Å². The minimum absolute atomic E-state index is 0.111. The van der Waals surface area contributed by atoms with Crippen LogP contribution in [0.25, 0.3) is 22.8 Å². The number of nitrogens with one attached hydrogen (secondary N) is 1. The highest BCUT2D eigenvalue weighted by Crippen LogP contribution is 2.36. The van der Waals surface area contributed by atoms with E-state index in [1.807, 2.05) is 0 Å². The van der Waals surface area contributed by atoms with Crippen LogP contribution < -0.4 is 14.8 Å². The molecule has 0 spiro atoms. The van der Waals surface area contributed by atoms with Crippen molar-refractivity contribution in [2.75, 3.05) is 19.5 Å². The van der Waals surface area contributed by atoms with Crippen molar-refractivity contribution in [2.45, 2.75) is 6.92 Å². The Kier molecular flexibility index (Phi) is 6.26. The lowest BCUT2D eigenvalue weighted by atomic mass is 10.1. The van der Waals surface area contributed by atoms with Crippen molar-refractivity contribution in [3.63, 3.8) is 0 Å². The Morgan fingerprint density at radius 2 is 1.82 bits per heavy atom. The lowest BCUT2D eigenvalue weighted by molar-refractivity contribution is -0.384. The van der Waals surface area contributed by atoms with Gasteiger partial charge in [0.15, 0.2) is 5.76 Å². The number of anilines is 1. The number of oxazole rings is 1. The molecule has 1 aromatic heterocycles. The Bertz CT molecular complexity index is 1380. The number of carbonyl (C=O) groups excluding carboxylic acids is 1. The number of rotatable bonds is 7. The van der Waals surface area contributed by atoms with Gasteiger partial charge in [-0.15, -0.1) is 0 Å². The molecule has 4 aromatic rings. The lowest BCUT2D eigenvalue weighted by Crippen LogP contribution is -2.14. The normalized spacial score (nSPS) is 10.6. The summed E-state index contributed by atoms with van der Waals surface area (Å²) >= 11 is 0. The summed E-state index contributed by atoms with van der Waals surface area (Å²) in [6.07, 6.45) is 1.55. The summed E-state index contributed by atoms with van der Waals surface area (Å²) in [6.45, 7) is 1.76. The van der Waals surface area contributed by atoms with Crippen LogP contribution in [0.3, 0.4) is 0 Å². The molecule has 0 aliphatic rings. The zero-order valence-electron chi connectivity index (χ0n) is 18.7. The first-order valence-electron chi connectivity index (χ1n) is 10.2. The molecule has 1 N–H and O–H groups in total. The van der Waals surface area contributed by atoms with E-state index in [1.165, 1.54) is 12.1 Å². The average Bonchev–Trinajstić information content (AvgIpc) is 3.34. The Morgan fingerprint density at radius 1 is 1.03 bits per heavy atom. The van der Waals surface area contributed by atoms with Crippen LogP contribution in [0.4, 0.5) is 11.4 Å². The summed E-state index contributed by atoms with van der Waals surface area (Å²) in [4.78, 5) is 28.1. The number of hydrogen-bond donors (Lipinski definition) is 1. The van der Waals surface area contributed by atoms with Gasteiger partial charge in [0.05, 0.1) is 42.2 Å². The molecule has 0 unspecified atom stereocenters. The van der Waals surface area contributed by atoms with E-state index in [2.05, 4.69) is 10.3 Å². The topological polar surface area (TPSA) is 117 Å². The number of nitro benzene ring substituents is 1. The number of carbonyl (C=O) groups is 1. The van der Waals surface area contributed by atoms with Gasteiger partial charge in [-0.05, 0) is 36.8 Å². The number of amides is 1. The van der Waals surface area contributed by atoms with Crippen LogP contribution in [-0.2, 0) is 0 Å². The van der Waals surface area contributed by atoms with Gasteiger partial charge in [-0.1, -0.05) is 18.2 Å². The Balaban J connectivity index is 1.67. The van der Waals surface area contributed by atoms with Crippen molar-refractivity contribution in [1.29, 1.82) is 0 Å². The lowest BCUT2D eigenvalue weighted by Gasteiger charge is -2.10. The number of hydrogen-bond acceptors (Lipinski definition) is 7. The quantitative estimate of drug-likeness (QED) is 0.287. The highest BCUT2D eigenvalue weighted by atomic mass is 16.6. The highest BCUT2D eigenvalue weighted by molar-refractivity contribution is 6.08. The van der Waals surface area contributed by atoms with Crippen molar-refractivity contribution in [2.24, 2.45) is 0 Å². The van der Waals surface area contributed by atoms with E-state index in [0.29, 0.717) is 45.2 Å². The predicted molar refractivity (Wildman–Crippen MR) is 126 cm³/mol. The Hall–Kier alpha value is -4.66. The summed E-state index contributed by atoms with van der Waals surface area (Å²) < 4.78 is 16.7. The molecule has 0 radical (unpaired) electrons. The Labute approximate surface area is 195 Å². The van der Waals surface area contributed by atoms with Crippen LogP contribution >= 0.6 is 0 Å². The smallest absolute Gasteiger partial charge is 0.271 e. The van der Waals surface area contributed by atoms with Gasteiger partial charge in [-0.3, -0.25) is 14.9 Å². The number of methoxy groups -OCH3 is 2. The SMILES string of the molecule is COc1ccc(-c2cnc(-c3ccccc3C(=O)Nc3cc([N+](=O)[O-])ccc3C)o2)c(OC)c1. The van der Waals surface area contributed by atoms with Gasteiger partial charge in [0.1, 0.15) is 11.5 Å². The summed E-state index contributed by atoms with van der Waals surface area (Å²) in [6, 6.07) is 16.5. The number of nitro groups is 1. The number of benzene rings is 3. The standard InChI is InChI=1S/C25H21N3O6/c1-15-8-9-16(28(30)31)12-21(15)27-24(29)18-6-4-5-7-19(18)25-26-14-23(34-25)20-11-10-17(32-2)13-22(20)33-3/h4-14H,1-3H3,(H,27,29). The molecule has 0 saturated heterocycles. The van der Waals surface area contributed by atoms with Crippen LogP contribution in [0, 0.1) is 17.0 Å². The average molecular weight is 459 g/mol. The number of nitrogens with zero attached hydrogens (tertiary/aromatic N) is 2. The molecule has 0 saturated carbocycles. The molecule has 0 bridgehead atoms. The first-order chi connectivity index (χ1) is 16.4. The predicted octanol–water partition coefficient (Wildman–Crippen LogP) is 5.49. The molecule has 0 atom stereocenters. The summed E-state index contributed by atoms with van der Waals surface area (Å²) in [5, 5.41) is 13.9. The number of aryl methyl sites for hydroxylation is 1. The van der Waals surface area contributed by atoms with Crippen molar-refractivity contribution in [3.8, 4) is 34.3 Å². The second-order valence-electron chi connectivity index (χ2n) is 7.35. The van der Waals surface area contributed by atoms with E-state index >= 15 is 0 Å². The molecule has 0 aliphatic heterocycles. The molecule has 0 fully saturated rings. The number of aromatic nitrogens is 1. The fraction of sp³-hybridized carbons (Fsp3) is 0.120.